The SMILES string of the molecule is Cc1cc([N+](=O)[O-])cc(C)c1NC(=O)c1cccc(F)c1. The van der Waals surface area contributed by atoms with Gasteiger partial charge < -0.3 is 5.32 Å². The van der Waals surface area contributed by atoms with Gasteiger partial charge in [0.1, 0.15) is 5.82 Å². The van der Waals surface area contributed by atoms with Crippen LogP contribution in [-0.2, 0) is 0 Å². The third-order valence-corrected chi connectivity index (χ3v) is 3.05. The van der Waals surface area contributed by atoms with Crippen molar-refractivity contribution in [3.8, 4) is 0 Å². The molecule has 5 nitrogen and oxygen atoms in total. The number of nitrogens with one attached hydrogen (secondary N) is 1. The summed E-state index contributed by atoms with van der Waals surface area (Å²) in [5, 5.41) is 13.4. The number of non-ortho nitro benzene ring substituents is 1. The van der Waals surface area contributed by atoms with Crippen molar-refractivity contribution < 1.29 is 14.1 Å². The van der Waals surface area contributed by atoms with Gasteiger partial charge in [-0.1, -0.05) is 6.07 Å². The maximum Gasteiger partial charge on any atom is 0.270 e. The number of carbonyl (C=O) groups is 1. The summed E-state index contributed by atoms with van der Waals surface area (Å²) in [5.41, 5.74) is 1.80. The summed E-state index contributed by atoms with van der Waals surface area (Å²) >= 11 is 0. The molecule has 1 amide bonds. The Balaban J connectivity index is 2.32. The number of halogens is 1. The summed E-state index contributed by atoms with van der Waals surface area (Å²) in [6.45, 7) is 3.34. The van der Waals surface area contributed by atoms with Crippen LogP contribution in [0.1, 0.15) is 21.5 Å². The lowest BCUT2D eigenvalue weighted by Crippen LogP contribution is -2.14. The zero-order valence-corrected chi connectivity index (χ0v) is 11.5. The van der Waals surface area contributed by atoms with Crippen molar-refractivity contribution >= 4 is 17.3 Å². The molecule has 0 bridgehead atoms. The molecule has 2 rings (SSSR count). The van der Waals surface area contributed by atoms with Crippen LogP contribution in [0.15, 0.2) is 36.4 Å². The molecule has 21 heavy (non-hydrogen) atoms. The van der Waals surface area contributed by atoms with Gasteiger partial charge in [-0.25, -0.2) is 4.39 Å². The van der Waals surface area contributed by atoms with Crippen molar-refractivity contribution in [1.29, 1.82) is 0 Å². The smallest absolute Gasteiger partial charge is 0.270 e. The summed E-state index contributed by atoms with van der Waals surface area (Å²) in [5.74, 6) is -0.964. The van der Waals surface area contributed by atoms with Crippen LogP contribution in [0.3, 0.4) is 0 Å². The molecule has 0 saturated carbocycles. The number of hydrogen-bond acceptors (Lipinski definition) is 3. The van der Waals surface area contributed by atoms with E-state index >= 15 is 0 Å². The lowest BCUT2D eigenvalue weighted by molar-refractivity contribution is -0.384. The zero-order valence-electron chi connectivity index (χ0n) is 11.5. The van der Waals surface area contributed by atoms with E-state index in [4.69, 9.17) is 0 Å². The minimum atomic E-state index is -0.500. The van der Waals surface area contributed by atoms with E-state index in [9.17, 15) is 19.3 Å². The normalized spacial score (nSPS) is 10.2. The summed E-state index contributed by atoms with van der Waals surface area (Å²) in [7, 11) is 0. The summed E-state index contributed by atoms with van der Waals surface area (Å²) in [6, 6.07) is 8.08. The van der Waals surface area contributed by atoms with E-state index in [1.165, 1.54) is 30.3 Å². The maximum absolute atomic E-state index is 13.1. The predicted molar refractivity (Wildman–Crippen MR) is 76.9 cm³/mol. The largest absolute Gasteiger partial charge is 0.321 e. The van der Waals surface area contributed by atoms with Crippen LogP contribution in [0.25, 0.3) is 0 Å². The molecule has 0 saturated heterocycles. The molecule has 2 aromatic rings. The number of nitro groups is 1. The molecule has 0 radical (unpaired) electrons. The number of aryl methyl sites for hydroxylation is 2. The monoisotopic (exact) mass is 288 g/mol. The first-order valence-electron chi connectivity index (χ1n) is 6.21. The number of amides is 1. The molecule has 6 heteroatoms. The van der Waals surface area contributed by atoms with Crippen molar-refractivity contribution in [2.45, 2.75) is 13.8 Å². The Morgan fingerprint density at radius 3 is 2.33 bits per heavy atom. The van der Waals surface area contributed by atoms with Gasteiger partial charge in [0.25, 0.3) is 11.6 Å². The van der Waals surface area contributed by atoms with Crippen molar-refractivity contribution in [2.24, 2.45) is 0 Å². The molecular formula is C15H13FN2O3. The highest BCUT2D eigenvalue weighted by molar-refractivity contribution is 6.05. The van der Waals surface area contributed by atoms with Gasteiger partial charge in [-0.15, -0.1) is 0 Å². The minimum absolute atomic E-state index is 0.0336. The number of carbonyl (C=O) groups excluding carboxylic acids is 1. The Morgan fingerprint density at radius 2 is 1.81 bits per heavy atom. The van der Waals surface area contributed by atoms with Gasteiger partial charge in [0.2, 0.25) is 0 Å². The fourth-order valence-corrected chi connectivity index (χ4v) is 2.06. The molecule has 0 unspecified atom stereocenters. The Bertz CT molecular complexity index is 706. The Kier molecular flexibility index (Phi) is 3.98. The van der Waals surface area contributed by atoms with Crippen molar-refractivity contribution in [1.82, 2.24) is 0 Å². The highest BCUT2D eigenvalue weighted by Crippen LogP contribution is 2.26. The van der Waals surface area contributed by atoms with Crippen LogP contribution < -0.4 is 5.32 Å². The van der Waals surface area contributed by atoms with Crippen molar-refractivity contribution in [3.63, 3.8) is 0 Å². The van der Waals surface area contributed by atoms with Crippen LogP contribution in [0.2, 0.25) is 0 Å². The molecule has 0 aromatic heterocycles. The first-order valence-corrected chi connectivity index (χ1v) is 6.21. The number of nitro benzene ring substituents is 1. The van der Waals surface area contributed by atoms with Crippen LogP contribution in [0.5, 0.6) is 0 Å². The van der Waals surface area contributed by atoms with E-state index < -0.39 is 16.6 Å². The van der Waals surface area contributed by atoms with Crippen molar-refractivity contribution in [2.75, 3.05) is 5.32 Å². The number of benzene rings is 2. The summed E-state index contributed by atoms with van der Waals surface area (Å²) < 4.78 is 13.1. The molecule has 0 fully saturated rings. The van der Waals surface area contributed by atoms with Crippen LogP contribution >= 0.6 is 0 Å². The highest BCUT2D eigenvalue weighted by atomic mass is 19.1. The lowest BCUT2D eigenvalue weighted by atomic mass is 10.1. The van der Waals surface area contributed by atoms with Gasteiger partial charge in [0, 0.05) is 23.4 Å². The number of hydrogen-bond donors (Lipinski definition) is 1. The third-order valence-electron chi connectivity index (χ3n) is 3.05. The number of anilines is 1. The second-order valence-corrected chi connectivity index (χ2v) is 4.68. The fraction of sp³-hybridized carbons (Fsp3) is 0.133. The van der Waals surface area contributed by atoms with Crippen LogP contribution in [-0.4, -0.2) is 10.8 Å². The van der Waals surface area contributed by atoms with E-state index in [0.717, 1.165) is 6.07 Å². The molecule has 0 aliphatic carbocycles. The van der Waals surface area contributed by atoms with Gasteiger partial charge in [-0.2, -0.15) is 0 Å². The molecule has 0 atom stereocenters. The topological polar surface area (TPSA) is 72.2 Å². The van der Waals surface area contributed by atoms with Gasteiger partial charge in [-0.05, 0) is 43.2 Å². The molecule has 108 valence electrons. The third kappa shape index (κ3) is 3.22. The quantitative estimate of drug-likeness (QED) is 0.692. The van der Waals surface area contributed by atoms with Crippen LogP contribution in [0.4, 0.5) is 15.8 Å². The minimum Gasteiger partial charge on any atom is -0.321 e. The lowest BCUT2D eigenvalue weighted by Gasteiger charge is -2.11. The van der Waals surface area contributed by atoms with E-state index in [1.807, 2.05) is 0 Å². The van der Waals surface area contributed by atoms with Crippen molar-refractivity contribution in [3.05, 3.63) is 69.0 Å². The van der Waals surface area contributed by atoms with Gasteiger partial charge >= 0.3 is 0 Å². The average molecular weight is 288 g/mol. The van der Waals surface area contributed by atoms with E-state index in [2.05, 4.69) is 5.32 Å². The zero-order chi connectivity index (χ0) is 15.6. The van der Waals surface area contributed by atoms with Crippen LogP contribution in [0, 0.1) is 29.8 Å². The first kappa shape index (κ1) is 14.6. The Morgan fingerprint density at radius 1 is 1.19 bits per heavy atom. The Hall–Kier alpha value is -2.76. The van der Waals surface area contributed by atoms with Gasteiger partial charge in [-0.3, -0.25) is 14.9 Å². The molecule has 0 heterocycles. The number of nitrogens with zero attached hydrogens (tertiary/aromatic N) is 1. The summed E-state index contributed by atoms with van der Waals surface area (Å²) in [4.78, 5) is 22.4. The second-order valence-electron chi connectivity index (χ2n) is 4.68. The molecule has 0 spiro atoms. The second kappa shape index (κ2) is 5.70. The average Bonchev–Trinajstić information content (AvgIpc) is 2.42. The Labute approximate surface area is 120 Å². The predicted octanol–water partition coefficient (Wildman–Crippen LogP) is 3.60. The standard InChI is InChI=1S/C15H13FN2O3/c1-9-6-13(18(20)21)7-10(2)14(9)17-15(19)11-4-3-5-12(16)8-11/h3-8H,1-2H3,(H,17,19). The molecule has 0 aliphatic heterocycles. The highest BCUT2D eigenvalue weighted by Gasteiger charge is 2.15. The van der Waals surface area contributed by atoms with E-state index in [1.54, 1.807) is 13.8 Å². The molecular weight excluding hydrogens is 275 g/mol. The molecule has 2 aromatic carbocycles. The first-order chi connectivity index (χ1) is 9.88. The van der Waals surface area contributed by atoms with Gasteiger partial charge in [0.05, 0.1) is 4.92 Å². The van der Waals surface area contributed by atoms with E-state index in [0.29, 0.717) is 16.8 Å². The molecule has 1 N–H and O–H groups in total. The number of rotatable bonds is 3. The molecule has 0 aliphatic rings. The fourth-order valence-electron chi connectivity index (χ4n) is 2.06. The van der Waals surface area contributed by atoms with Gasteiger partial charge in [0.15, 0.2) is 0 Å². The maximum atomic E-state index is 13.1. The van der Waals surface area contributed by atoms with E-state index in [-0.39, 0.29) is 11.3 Å². The summed E-state index contributed by atoms with van der Waals surface area (Å²) in [6.07, 6.45) is 0.